The summed E-state index contributed by atoms with van der Waals surface area (Å²) in [5, 5.41) is 13.0. The number of rotatable bonds is 7. The van der Waals surface area contributed by atoms with Gasteiger partial charge in [-0.3, -0.25) is 0 Å². The van der Waals surface area contributed by atoms with E-state index in [1.165, 1.54) is 0 Å². The second kappa shape index (κ2) is 7.52. The van der Waals surface area contributed by atoms with Crippen molar-refractivity contribution in [2.75, 3.05) is 26.6 Å². The molecule has 0 amide bonds. The Morgan fingerprint density at radius 2 is 1.68 bits per heavy atom. The van der Waals surface area contributed by atoms with Crippen molar-refractivity contribution in [3.63, 3.8) is 0 Å². The third-order valence-electron chi connectivity index (χ3n) is 4.33. The van der Waals surface area contributed by atoms with Gasteiger partial charge in [0.05, 0.1) is 39.5 Å². The Kier molecular flexibility index (Phi) is 5.18. The van der Waals surface area contributed by atoms with Crippen molar-refractivity contribution >= 4 is 5.95 Å². The summed E-state index contributed by atoms with van der Waals surface area (Å²) in [5.74, 6) is 2.03. The second-order valence-corrected chi connectivity index (χ2v) is 5.92. The number of hydrogen-bond acceptors (Lipinski definition) is 8. The normalized spacial score (nSPS) is 20.3. The first-order valence-electron chi connectivity index (χ1n) is 8.04. The van der Waals surface area contributed by atoms with Gasteiger partial charge < -0.3 is 24.6 Å². The molecule has 134 valence electrons. The van der Waals surface area contributed by atoms with Crippen molar-refractivity contribution in [2.45, 2.75) is 25.0 Å². The van der Waals surface area contributed by atoms with Gasteiger partial charge in [0.1, 0.15) is 0 Å². The Bertz CT molecular complexity index is 682. The molecule has 2 N–H and O–H groups in total. The molecule has 8 heteroatoms. The lowest BCUT2D eigenvalue weighted by Gasteiger charge is -2.38. The van der Waals surface area contributed by atoms with Gasteiger partial charge in [-0.15, -0.1) is 0 Å². The fraction of sp³-hybridized carbons (Fsp3) is 0.471. The van der Waals surface area contributed by atoms with Crippen LogP contribution in [0.1, 0.15) is 24.4 Å². The molecule has 3 rings (SSSR count). The van der Waals surface area contributed by atoms with Gasteiger partial charge >= 0.3 is 0 Å². The fourth-order valence-corrected chi connectivity index (χ4v) is 2.89. The molecule has 1 unspecified atom stereocenters. The third kappa shape index (κ3) is 3.90. The maximum absolute atomic E-state index is 9.69. The van der Waals surface area contributed by atoms with Crippen LogP contribution in [-0.2, 0) is 0 Å². The van der Waals surface area contributed by atoms with Crippen molar-refractivity contribution < 1.29 is 19.3 Å². The Labute approximate surface area is 146 Å². The molecule has 2 heterocycles. The van der Waals surface area contributed by atoms with Crippen LogP contribution in [0.3, 0.4) is 0 Å². The molecule has 2 aromatic rings. The van der Waals surface area contributed by atoms with Gasteiger partial charge in [-0.05, 0) is 24.3 Å². The van der Waals surface area contributed by atoms with Crippen molar-refractivity contribution in [1.29, 1.82) is 0 Å². The van der Waals surface area contributed by atoms with Crippen LogP contribution in [0.2, 0.25) is 0 Å². The number of ether oxygens (including phenoxy) is 3. The Hall–Kier alpha value is -2.61. The molecule has 1 fully saturated rings. The zero-order chi connectivity index (χ0) is 17.8. The van der Waals surface area contributed by atoms with E-state index in [0.29, 0.717) is 36.4 Å². The number of pyridine rings is 1. The summed E-state index contributed by atoms with van der Waals surface area (Å²) in [6, 6.07) is 5.29. The molecule has 0 bridgehead atoms. The summed E-state index contributed by atoms with van der Waals surface area (Å²) >= 11 is 0. The minimum atomic E-state index is -0.263. The highest BCUT2D eigenvalue weighted by atomic mass is 16.5. The lowest BCUT2D eigenvalue weighted by Crippen LogP contribution is -2.36. The third-order valence-corrected chi connectivity index (χ3v) is 4.33. The van der Waals surface area contributed by atoms with Gasteiger partial charge in [0.15, 0.2) is 0 Å². The fourth-order valence-electron chi connectivity index (χ4n) is 2.89. The van der Waals surface area contributed by atoms with Crippen LogP contribution in [0.25, 0.3) is 0 Å². The predicted molar refractivity (Wildman–Crippen MR) is 91.0 cm³/mol. The molecule has 1 saturated carbocycles. The van der Waals surface area contributed by atoms with Crippen LogP contribution in [0.15, 0.2) is 24.4 Å². The average Bonchev–Trinajstić information content (AvgIpc) is 2.63. The molecule has 0 aliphatic heterocycles. The summed E-state index contributed by atoms with van der Waals surface area (Å²) in [7, 11) is 4.66. The average molecular weight is 346 g/mol. The first-order valence-corrected chi connectivity index (χ1v) is 8.04. The molecular weight excluding hydrogens is 324 g/mol. The van der Waals surface area contributed by atoms with Crippen molar-refractivity contribution in [3.8, 4) is 17.6 Å². The number of nitrogens with zero attached hydrogens (tertiary/aromatic N) is 3. The van der Waals surface area contributed by atoms with Gasteiger partial charge in [-0.2, -0.15) is 9.97 Å². The standard InChI is InChI=1S/C17H22N4O4/c1-23-13-5-4-10(9-18-13)16(11-6-12(22)7-11)21-17-19-14(24-2)8-15(20-17)25-3/h4-5,8-9,11-12,16,22H,6-7H2,1-3H3,(H,19,20,21). The predicted octanol–water partition coefficient (Wildman–Crippen LogP) is 1.82. The summed E-state index contributed by atoms with van der Waals surface area (Å²) in [5.41, 5.74) is 0.975. The van der Waals surface area contributed by atoms with Gasteiger partial charge in [0.2, 0.25) is 23.6 Å². The zero-order valence-corrected chi connectivity index (χ0v) is 14.5. The van der Waals surface area contributed by atoms with E-state index in [1.807, 2.05) is 12.1 Å². The van der Waals surface area contributed by atoms with Gasteiger partial charge in [-0.25, -0.2) is 4.98 Å². The molecule has 25 heavy (non-hydrogen) atoms. The topological polar surface area (TPSA) is 98.6 Å². The highest BCUT2D eigenvalue weighted by Crippen LogP contribution is 2.40. The molecule has 1 aliphatic rings. The highest BCUT2D eigenvalue weighted by molar-refractivity contribution is 5.38. The highest BCUT2D eigenvalue weighted by Gasteiger charge is 2.35. The largest absolute Gasteiger partial charge is 0.481 e. The van der Waals surface area contributed by atoms with Gasteiger partial charge in [0.25, 0.3) is 0 Å². The Morgan fingerprint density at radius 1 is 1.04 bits per heavy atom. The lowest BCUT2D eigenvalue weighted by molar-refractivity contribution is 0.0338. The molecule has 2 aromatic heterocycles. The quantitative estimate of drug-likeness (QED) is 0.783. The van der Waals surface area contributed by atoms with E-state index in [4.69, 9.17) is 14.2 Å². The van der Waals surface area contributed by atoms with Crippen LogP contribution >= 0.6 is 0 Å². The number of hydrogen-bond donors (Lipinski definition) is 2. The van der Waals surface area contributed by atoms with E-state index < -0.39 is 0 Å². The smallest absolute Gasteiger partial charge is 0.229 e. The Morgan fingerprint density at radius 3 is 2.16 bits per heavy atom. The van der Waals surface area contributed by atoms with E-state index in [2.05, 4.69) is 20.3 Å². The number of aliphatic hydroxyl groups is 1. The molecule has 8 nitrogen and oxygen atoms in total. The zero-order valence-electron chi connectivity index (χ0n) is 14.5. The Balaban J connectivity index is 1.87. The summed E-state index contributed by atoms with van der Waals surface area (Å²) in [6.07, 6.45) is 2.93. The molecular formula is C17H22N4O4. The van der Waals surface area contributed by atoms with Crippen LogP contribution in [-0.4, -0.2) is 47.5 Å². The molecule has 0 spiro atoms. The number of anilines is 1. The number of nitrogens with one attached hydrogen (secondary N) is 1. The monoisotopic (exact) mass is 346 g/mol. The number of methoxy groups -OCH3 is 3. The van der Waals surface area contributed by atoms with Gasteiger partial charge in [-0.1, -0.05) is 6.07 Å². The molecule has 1 atom stereocenters. The second-order valence-electron chi connectivity index (χ2n) is 5.92. The summed E-state index contributed by atoms with van der Waals surface area (Å²) < 4.78 is 15.5. The first kappa shape index (κ1) is 17.2. The van der Waals surface area contributed by atoms with E-state index >= 15 is 0 Å². The maximum atomic E-state index is 9.69. The van der Waals surface area contributed by atoms with Gasteiger partial charge in [0, 0.05) is 12.3 Å². The van der Waals surface area contributed by atoms with Crippen LogP contribution in [0.5, 0.6) is 17.6 Å². The number of aromatic nitrogens is 3. The van der Waals surface area contributed by atoms with E-state index in [-0.39, 0.29) is 18.1 Å². The summed E-state index contributed by atoms with van der Waals surface area (Å²) in [6.45, 7) is 0. The van der Waals surface area contributed by atoms with Crippen molar-refractivity contribution in [1.82, 2.24) is 15.0 Å². The molecule has 0 radical (unpaired) electrons. The van der Waals surface area contributed by atoms with Crippen LogP contribution < -0.4 is 19.5 Å². The molecule has 1 aliphatic carbocycles. The molecule has 0 saturated heterocycles. The van der Waals surface area contributed by atoms with Crippen LogP contribution in [0, 0.1) is 5.92 Å². The first-order chi connectivity index (χ1) is 12.1. The molecule has 0 aromatic carbocycles. The SMILES string of the molecule is COc1ccc(C(Nc2nc(OC)cc(OC)n2)C2CC(O)C2)cn1. The maximum Gasteiger partial charge on any atom is 0.229 e. The number of aliphatic hydroxyl groups excluding tert-OH is 1. The minimum absolute atomic E-state index is 0.0846. The van der Waals surface area contributed by atoms with Crippen molar-refractivity contribution in [2.24, 2.45) is 5.92 Å². The summed E-state index contributed by atoms with van der Waals surface area (Å²) in [4.78, 5) is 12.9. The van der Waals surface area contributed by atoms with E-state index in [9.17, 15) is 5.11 Å². The lowest BCUT2D eigenvalue weighted by atomic mass is 9.75. The van der Waals surface area contributed by atoms with E-state index in [1.54, 1.807) is 33.6 Å². The minimum Gasteiger partial charge on any atom is -0.481 e. The van der Waals surface area contributed by atoms with Crippen molar-refractivity contribution in [3.05, 3.63) is 30.0 Å². The van der Waals surface area contributed by atoms with Crippen LogP contribution in [0.4, 0.5) is 5.95 Å². The van der Waals surface area contributed by atoms with E-state index in [0.717, 1.165) is 5.56 Å².